The molecule has 4 atom stereocenters. The maximum absolute atomic E-state index is 12.6. The van der Waals surface area contributed by atoms with Crippen molar-refractivity contribution in [1.29, 1.82) is 0 Å². The topological polar surface area (TPSA) is 99.2 Å². The van der Waals surface area contributed by atoms with E-state index in [4.69, 9.17) is 9.47 Å². The molecule has 1 saturated carbocycles. The van der Waals surface area contributed by atoms with E-state index in [0.29, 0.717) is 12.2 Å². The lowest BCUT2D eigenvalue weighted by Crippen LogP contribution is -2.49. The maximum atomic E-state index is 12.6. The summed E-state index contributed by atoms with van der Waals surface area (Å²) in [5.74, 6) is -0.769. The fourth-order valence-electron chi connectivity index (χ4n) is 2.85. The first-order valence-corrected chi connectivity index (χ1v) is 8.42. The van der Waals surface area contributed by atoms with Crippen molar-refractivity contribution in [2.24, 2.45) is 11.8 Å². The van der Waals surface area contributed by atoms with E-state index in [9.17, 15) is 19.2 Å². The maximum Gasteiger partial charge on any atom is 0.413 e. The van der Waals surface area contributed by atoms with Crippen LogP contribution < -0.4 is 0 Å². The molecule has 0 aliphatic heterocycles. The fourth-order valence-corrected chi connectivity index (χ4v) is 2.85. The molecule has 0 spiro atoms. The van der Waals surface area contributed by atoms with Crippen molar-refractivity contribution in [3.8, 4) is 0 Å². The minimum absolute atomic E-state index is 0.193. The summed E-state index contributed by atoms with van der Waals surface area (Å²) in [7, 11) is 1.15. The zero-order valence-corrected chi connectivity index (χ0v) is 15.2. The van der Waals surface area contributed by atoms with Crippen molar-refractivity contribution in [1.82, 2.24) is 4.90 Å². The summed E-state index contributed by atoms with van der Waals surface area (Å²) in [5, 5.41) is 0. The van der Waals surface area contributed by atoms with E-state index in [1.54, 1.807) is 0 Å². The molecule has 1 amide bonds. The van der Waals surface area contributed by atoms with E-state index in [1.807, 2.05) is 6.92 Å². The summed E-state index contributed by atoms with van der Waals surface area (Å²) in [6.07, 6.45) is 1.88. The molecule has 8 nitrogen and oxygen atoms in total. The highest BCUT2D eigenvalue weighted by atomic mass is 16.6. The third-order valence-electron chi connectivity index (χ3n) is 4.45. The standard InChI is InChI=1S/C17H27NO7/c1-11-5-6-12(2)15(9-11)25-17(22)18(10-24-13(3)20)14(7-8-19)16(21)23-4/h8,11-12,14-15H,5-7,9-10H2,1-4H3/t11-,12-,14+,15-/m1/s1. The Bertz CT molecular complexity index is 493. The number of carbonyl (C=O) groups is 4. The lowest BCUT2D eigenvalue weighted by molar-refractivity contribution is -0.155. The highest BCUT2D eigenvalue weighted by Gasteiger charge is 2.36. The van der Waals surface area contributed by atoms with Crippen LogP contribution in [0.25, 0.3) is 0 Å². The zero-order valence-electron chi connectivity index (χ0n) is 15.2. The van der Waals surface area contributed by atoms with Crippen molar-refractivity contribution in [2.45, 2.75) is 58.6 Å². The van der Waals surface area contributed by atoms with Crippen molar-refractivity contribution in [3.05, 3.63) is 0 Å². The molecule has 0 unspecified atom stereocenters. The second-order valence-electron chi connectivity index (χ2n) is 6.49. The summed E-state index contributed by atoms with van der Waals surface area (Å²) >= 11 is 0. The Morgan fingerprint density at radius 3 is 2.48 bits per heavy atom. The van der Waals surface area contributed by atoms with Gasteiger partial charge in [-0.2, -0.15) is 0 Å². The highest BCUT2D eigenvalue weighted by molar-refractivity contribution is 5.83. The normalized spacial score (nSPS) is 23.9. The predicted octanol–water partition coefficient (Wildman–Crippen LogP) is 1.90. The number of ether oxygens (including phenoxy) is 3. The molecule has 1 aliphatic rings. The van der Waals surface area contributed by atoms with Gasteiger partial charge in [0.2, 0.25) is 0 Å². The number of hydrogen-bond acceptors (Lipinski definition) is 7. The number of rotatable bonds is 7. The first-order chi connectivity index (χ1) is 11.8. The molecule has 8 heteroatoms. The highest BCUT2D eigenvalue weighted by Crippen LogP contribution is 2.31. The van der Waals surface area contributed by atoms with Crippen molar-refractivity contribution in [2.75, 3.05) is 13.8 Å². The summed E-state index contributed by atoms with van der Waals surface area (Å²) in [5.41, 5.74) is 0. The molecule has 1 aliphatic carbocycles. The molecule has 0 saturated heterocycles. The molecule has 0 heterocycles. The Kier molecular flexibility index (Phi) is 8.37. The van der Waals surface area contributed by atoms with Gasteiger partial charge in [-0.3, -0.25) is 9.69 Å². The van der Waals surface area contributed by atoms with E-state index in [0.717, 1.165) is 31.3 Å². The van der Waals surface area contributed by atoms with Crippen molar-refractivity contribution < 1.29 is 33.4 Å². The Labute approximate surface area is 147 Å². The first-order valence-electron chi connectivity index (χ1n) is 8.42. The van der Waals surface area contributed by atoms with Crippen LogP contribution in [0, 0.1) is 11.8 Å². The van der Waals surface area contributed by atoms with Crippen LogP contribution in [0.3, 0.4) is 0 Å². The molecule has 0 aromatic rings. The van der Waals surface area contributed by atoms with E-state index in [2.05, 4.69) is 11.7 Å². The lowest BCUT2D eigenvalue weighted by Gasteiger charge is -2.35. The second kappa shape index (κ2) is 10.0. The van der Waals surface area contributed by atoms with E-state index >= 15 is 0 Å². The monoisotopic (exact) mass is 357 g/mol. The van der Waals surface area contributed by atoms with Crippen LogP contribution in [0.2, 0.25) is 0 Å². The van der Waals surface area contributed by atoms with Gasteiger partial charge in [0.1, 0.15) is 18.4 Å². The first kappa shape index (κ1) is 20.9. The quantitative estimate of drug-likeness (QED) is 0.297. The van der Waals surface area contributed by atoms with Crippen molar-refractivity contribution >= 4 is 24.3 Å². The Morgan fingerprint density at radius 1 is 1.24 bits per heavy atom. The Hall–Kier alpha value is -2.12. The van der Waals surface area contributed by atoms with Gasteiger partial charge in [0.15, 0.2) is 6.73 Å². The van der Waals surface area contributed by atoms with Gasteiger partial charge in [0, 0.05) is 13.3 Å². The van der Waals surface area contributed by atoms with Crippen molar-refractivity contribution in [3.63, 3.8) is 0 Å². The number of amides is 1. The molecule has 0 N–H and O–H groups in total. The average Bonchev–Trinajstić information content (AvgIpc) is 2.56. The zero-order chi connectivity index (χ0) is 19.0. The predicted molar refractivity (Wildman–Crippen MR) is 87.4 cm³/mol. The largest absolute Gasteiger partial charge is 0.467 e. The number of carbonyl (C=O) groups excluding carboxylic acids is 4. The van der Waals surface area contributed by atoms with Crippen LogP contribution in [0.1, 0.15) is 46.5 Å². The van der Waals surface area contributed by atoms with E-state index in [-0.39, 0.29) is 18.4 Å². The molecule has 25 heavy (non-hydrogen) atoms. The number of methoxy groups -OCH3 is 1. The minimum Gasteiger partial charge on any atom is -0.467 e. The van der Waals surface area contributed by atoms with Crippen LogP contribution >= 0.6 is 0 Å². The number of hydrogen-bond donors (Lipinski definition) is 0. The van der Waals surface area contributed by atoms with Crippen LogP contribution in [-0.4, -0.2) is 55.2 Å². The van der Waals surface area contributed by atoms with Crippen LogP contribution in [0.5, 0.6) is 0 Å². The smallest absolute Gasteiger partial charge is 0.413 e. The van der Waals surface area contributed by atoms with Gasteiger partial charge in [-0.25, -0.2) is 9.59 Å². The molecule has 0 bridgehead atoms. The SMILES string of the molecule is COC(=O)[C@H](CC=O)N(COC(C)=O)C(=O)O[C@@H]1C[C@H](C)CC[C@H]1C. The number of nitrogens with zero attached hydrogens (tertiary/aromatic N) is 1. The third-order valence-corrected chi connectivity index (χ3v) is 4.45. The van der Waals surface area contributed by atoms with Gasteiger partial charge < -0.3 is 19.0 Å². The summed E-state index contributed by atoms with van der Waals surface area (Å²) in [4.78, 5) is 47.4. The molecule has 1 fully saturated rings. The van der Waals surface area contributed by atoms with E-state index in [1.165, 1.54) is 6.92 Å². The second-order valence-corrected chi connectivity index (χ2v) is 6.49. The molecule has 0 radical (unpaired) electrons. The van der Waals surface area contributed by atoms with Crippen LogP contribution in [0.15, 0.2) is 0 Å². The minimum atomic E-state index is -1.20. The molecule has 0 aromatic carbocycles. The Balaban J connectivity index is 2.91. The number of esters is 2. The molecular formula is C17H27NO7. The lowest BCUT2D eigenvalue weighted by atomic mass is 9.82. The van der Waals surface area contributed by atoms with Gasteiger partial charge in [-0.05, 0) is 24.7 Å². The summed E-state index contributed by atoms with van der Waals surface area (Å²) in [6.45, 7) is 4.79. The van der Waals surface area contributed by atoms with Crippen LogP contribution in [-0.2, 0) is 28.6 Å². The number of aldehydes is 1. The fraction of sp³-hybridized carbons (Fsp3) is 0.765. The molecule has 142 valence electrons. The summed E-state index contributed by atoms with van der Waals surface area (Å²) in [6, 6.07) is -1.20. The van der Waals surface area contributed by atoms with Gasteiger partial charge in [-0.15, -0.1) is 0 Å². The van der Waals surface area contributed by atoms with Crippen LogP contribution in [0.4, 0.5) is 4.79 Å². The van der Waals surface area contributed by atoms with Gasteiger partial charge in [-0.1, -0.05) is 20.3 Å². The van der Waals surface area contributed by atoms with Gasteiger partial charge in [0.25, 0.3) is 0 Å². The van der Waals surface area contributed by atoms with Gasteiger partial charge in [0.05, 0.1) is 7.11 Å². The summed E-state index contributed by atoms with van der Waals surface area (Å²) < 4.78 is 15.1. The third kappa shape index (κ3) is 6.36. The molecule has 0 aromatic heterocycles. The average molecular weight is 357 g/mol. The van der Waals surface area contributed by atoms with E-state index < -0.39 is 30.8 Å². The molecular weight excluding hydrogens is 330 g/mol. The molecule has 1 rings (SSSR count). The van der Waals surface area contributed by atoms with Gasteiger partial charge >= 0.3 is 18.0 Å². The Morgan fingerprint density at radius 2 is 1.92 bits per heavy atom.